The second-order valence-electron chi connectivity index (χ2n) is 4.97. The number of hydrogen-bond donors (Lipinski definition) is 2. The zero-order valence-corrected chi connectivity index (χ0v) is 9.99. The maximum atomic E-state index is 11.0. The van der Waals surface area contributed by atoms with Crippen LogP contribution in [0.2, 0.25) is 0 Å². The average molecular weight is 213 g/mol. The van der Waals surface area contributed by atoms with Crippen LogP contribution in [0.5, 0.6) is 0 Å². The molecule has 1 rings (SSSR count). The molecule has 15 heavy (non-hydrogen) atoms. The van der Waals surface area contributed by atoms with E-state index in [0.29, 0.717) is 17.9 Å². The third kappa shape index (κ3) is 4.20. The van der Waals surface area contributed by atoms with E-state index in [9.17, 15) is 4.79 Å². The van der Waals surface area contributed by atoms with Crippen LogP contribution >= 0.6 is 0 Å². The molecule has 3 atom stereocenters. The van der Waals surface area contributed by atoms with Crippen molar-refractivity contribution in [2.24, 2.45) is 11.8 Å². The topological polar surface area (TPSA) is 49.3 Å². The Hall–Kier alpha value is -0.570. The van der Waals surface area contributed by atoms with Crippen molar-refractivity contribution in [3.63, 3.8) is 0 Å². The van der Waals surface area contributed by atoms with Crippen LogP contribution in [0.25, 0.3) is 0 Å². The van der Waals surface area contributed by atoms with Crippen molar-refractivity contribution in [3.8, 4) is 0 Å². The van der Waals surface area contributed by atoms with Gasteiger partial charge < -0.3 is 10.4 Å². The molecule has 3 nitrogen and oxygen atoms in total. The van der Waals surface area contributed by atoms with E-state index in [1.807, 2.05) is 0 Å². The number of carboxylic acids is 1. The summed E-state index contributed by atoms with van der Waals surface area (Å²) in [6.45, 7) is 6.47. The third-order valence-electron chi connectivity index (χ3n) is 3.28. The SMILES string of the molecule is CCC(C)CC(C)NC(C(=O)O)C1CC1. The smallest absolute Gasteiger partial charge is 0.320 e. The Balaban J connectivity index is 2.33. The molecule has 1 aliphatic carbocycles. The van der Waals surface area contributed by atoms with E-state index < -0.39 is 5.97 Å². The van der Waals surface area contributed by atoms with Gasteiger partial charge in [-0.05, 0) is 38.0 Å². The Kier molecular flexibility index (Phi) is 4.58. The van der Waals surface area contributed by atoms with Gasteiger partial charge in [-0.15, -0.1) is 0 Å². The summed E-state index contributed by atoms with van der Waals surface area (Å²) >= 11 is 0. The molecule has 0 bridgehead atoms. The molecule has 0 aromatic rings. The van der Waals surface area contributed by atoms with Crippen molar-refractivity contribution in [3.05, 3.63) is 0 Å². The summed E-state index contributed by atoms with van der Waals surface area (Å²) in [5.74, 6) is 0.358. The fraction of sp³-hybridized carbons (Fsp3) is 0.917. The van der Waals surface area contributed by atoms with Gasteiger partial charge in [-0.1, -0.05) is 20.3 Å². The van der Waals surface area contributed by atoms with Crippen LogP contribution in [-0.4, -0.2) is 23.2 Å². The molecular formula is C12H23NO2. The standard InChI is InChI=1S/C12H23NO2/c1-4-8(2)7-9(3)13-11(12(14)15)10-5-6-10/h8-11,13H,4-7H2,1-3H3,(H,14,15). The second kappa shape index (κ2) is 5.50. The first kappa shape index (κ1) is 12.5. The molecular weight excluding hydrogens is 190 g/mol. The number of carbonyl (C=O) groups is 1. The predicted molar refractivity (Wildman–Crippen MR) is 60.8 cm³/mol. The summed E-state index contributed by atoms with van der Waals surface area (Å²) in [6.07, 6.45) is 4.36. The monoisotopic (exact) mass is 213 g/mol. The van der Waals surface area contributed by atoms with Gasteiger partial charge >= 0.3 is 5.97 Å². The highest BCUT2D eigenvalue weighted by Crippen LogP contribution is 2.33. The first-order valence-corrected chi connectivity index (χ1v) is 6.03. The highest BCUT2D eigenvalue weighted by atomic mass is 16.4. The van der Waals surface area contributed by atoms with Crippen molar-refractivity contribution < 1.29 is 9.90 Å². The fourth-order valence-electron chi connectivity index (χ4n) is 1.98. The highest BCUT2D eigenvalue weighted by Gasteiger charge is 2.36. The first-order chi connectivity index (χ1) is 7.04. The lowest BCUT2D eigenvalue weighted by Crippen LogP contribution is -2.44. The van der Waals surface area contributed by atoms with Crippen LogP contribution in [0.1, 0.15) is 46.5 Å². The molecule has 1 aliphatic rings. The minimum Gasteiger partial charge on any atom is -0.480 e. The van der Waals surface area contributed by atoms with E-state index in [4.69, 9.17) is 5.11 Å². The van der Waals surface area contributed by atoms with Crippen LogP contribution in [0.15, 0.2) is 0 Å². The predicted octanol–water partition coefficient (Wildman–Crippen LogP) is 2.26. The molecule has 0 radical (unpaired) electrons. The summed E-state index contributed by atoms with van der Waals surface area (Å²) < 4.78 is 0. The van der Waals surface area contributed by atoms with E-state index in [2.05, 4.69) is 26.1 Å². The Morgan fingerprint density at radius 2 is 2.07 bits per heavy atom. The number of nitrogens with one attached hydrogen (secondary N) is 1. The summed E-state index contributed by atoms with van der Waals surface area (Å²) in [5.41, 5.74) is 0. The lowest BCUT2D eigenvalue weighted by molar-refractivity contribution is -0.140. The molecule has 0 saturated heterocycles. The maximum absolute atomic E-state index is 11.0. The molecule has 88 valence electrons. The fourth-order valence-corrected chi connectivity index (χ4v) is 1.98. The molecule has 1 fully saturated rings. The van der Waals surface area contributed by atoms with Gasteiger partial charge in [-0.25, -0.2) is 0 Å². The molecule has 1 saturated carbocycles. The van der Waals surface area contributed by atoms with E-state index in [0.717, 1.165) is 25.7 Å². The lowest BCUT2D eigenvalue weighted by Gasteiger charge is -2.22. The molecule has 0 amide bonds. The van der Waals surface area contributed by atoms with Gasteiger partial charge in [-0.3, -0.25) is 4.79 Å². The van der Waals surface area contributed by atoms with Crippen molar-refractivity contribution in [1.82, 2.24) is 5.32 Å². The van der Waals surface area contributed by atoms with Crippen LogP contribution in [0, 0.1) is 11.8 Å². The second-order valence-corrected chi connectivity index (χ2v) is 4.97. The molecule has 2 N–H and O–H groups in total. The van der Waals surface area contributed by atoms with Crippen LogP contribution < -0.4 is 5.32 Å². The van der Waals surface area contributed by atoms with Gasteiger partial charge in [0.2, 0.25) is 0 Å². The van der Waals surface area contributed by atoms with Crippen LogP contribution in [0.3, 0.4) is 0 Å². The minimum absolute atomic E-state index is 0.307. The van der Waals surface area contributed by atoms with Gasteiger partial charge in [0.1, 0.15) is 6.04 Å². The van der Waals surface area contributed by atoms with E-state index in [1.165, 1.54) is 0 Å². The number of carboxylic acid groups (broad SMARTS) is 1. The normalized spacial score (nSPS) is 22.1. The summed E-state index contributed by atoms with van der Waals surface area (Å²) in [6, 6.07) is -0.00861. The molecule has 0 aliphatic heterocycles. The van der Waals surface area contributed by atoms with Crippen LogP contribution in [0.4, 0.5) is 0 Å². The first-order valence-electron chi connectivity index (χ1n) is 6.03. The van der Waals surface area contributed by atoms with E-state index in [1.54, 1.807) is 0 Å². The van der Waals surface area contributed by atoms with Gasteiger partial charge in [0, 0.05) is 6.04 Å². The average Bonchev–Trinajstić information content (AvgIpc) is 2.96. The van der Waals surface area contributed by atoms with Gasteiger partial charge in [0.05, 0.1) is 0 Å². The number of hydrogen-bond acceptors (Lipinski definition) is 2. The number of aliphatic carboxylic acids is 1. The van der Waals surface area contributed by atoms with E-state index in [-0.39, 0.29) is 6.04 Å². The van der Waals surface area contributed by atoms with Crippen LogP contribution in [-0.2, 0) is 4.79 Å². The summed E-state index contributed by atoms with van der Waals surface area (Å²) in [5, 5.41) is 12.3. The Morgan fingerprint density at radius 1 is 1.47 bits per heavy atom. The Bertz CT molecular complexity index is 214. The number of rotatable bonds is 7. The zero-order chi connectivity index (χ0) is 11.4. The Morgan fingerprint density at radius 3 is 2.47 bits per heavy atom. The molecule has 0 spiro atoms. The lowest BCUT2D eigenvalue weighted by atomic mass is 9.99. The molecule has 3 heteroatoms. The highest BCUT2D eigenvalue weighted by molar-refractivity contribution is 5.74. The zero-order valence-electron chi connectivity index (χ0n) is 9.99. The summed E-state index contributed by atoms with van der Waals surface area (Å²) in [7, 11) is 0. The third-order valence-corrected chi connectivity index (χ3v) is 3.28. The maximum Gasteiger partial charge on any atom is 0.320 e. The Labute approximate surface area is 92.3 Å². The largest absolute Gasteiger partial charge is 0.480 e. The van der Waals surface area contributed by atoms with Crippen molar-refractivity contribution in [1.29, 1.82) is 0 Å². The minimum atomic E-state index is -0.687. The van der Waals surface area contributed by atoms with Crippen molar-refractivity contribution in [2.45, 2.75) is 58.5 Å². The molecule has 0 heterocycles. The molecule has 3 unspecified atom stereocenters. The van der Waals surface area contributed by atoms with E-state index >= 15 is 0 Å². The van der Waals surface area contributed by atoms with Gasteiger partial charge in [-0.2, -0.15) is 0 Å². The molecule has 0 aromatic carbocycles. The van der Waals surface area contributed by atoms with Crippen molar-refractivity contribution in [2.75, 3.05) is 0 Å². The van der Waals surface area contributed by atoms with Gasteiger partial charge in [0.15, 0.2) is 0 Å². The van der Waals surface area contributed by atoms with Crippen molar-refractivity contribution >= 4 is 5.97 Å². The summed E-state index contributed by atoms with van der Waals surface area (Å²) in [4.78, 5) is 11.0. The van der Waals surface area contributed by atoms with Gasteiger partial charge in [0.25, 0.3) is 0 Å². The molecule has 0 aromatic heterocycles. The quantitative estimate of drug-likeness (QED) is 0.682.